The molecule has 3 heteroatoms. The molecule has 2 rings (SSSR count). The zero-order chi connectivity index (χ0) is 12.3. The molecule has 0 spiro atoms. The second-order valence-corrected chi connectivity index (χ2v) is 4.97. The Hall–Kier alpha value is -1.74. The van der Waals surface area contributed by atoms with E-state index in [0.717, 1.165) is 16.1 Å². The number of thiazole rings is 1. The molecule has 1 heterocycles. The smallest absolute Gasteiger partial charge is 0.214 e. The Morgan fingerprint density at radius 2 is 1.94 bits per heavy atom. The maximum absolute atomic E-state index is 11.8. The Labute approximate surface area is 105 Å². The first-order valence-electron chi connectivity index (χ1n) is 5.38. The molecule has 1 aromatic carbocycles. The Balaban J connectivity index is 2.15. The van der Waals surface area contributed by atoms with Crippen LogP contribution in [-0.2, 0) is 0 Å². The van der Waals surface area contributed by atoms with Crippen molar-refractivity contribution in [2.24, 2.45) is 0 Å². The van der Waals surface area contributed by atoms with E-state index < -0.39 is 0 Å². The van der Waals surface area contributed by atoms with Crippen molar-refractivity contribution in [3.8, 4) is 0 Å². The monoisotopic (exact) mass is 243 g/mol. The highest BCUT2D eigenvalue weighted by atomic mass is 32.1. The zero-order valence-electron chi connectivity index (χ0n) is 9.81. The summed E-state index contributed by atoms with van der Waals surface area (Å²) in [6.07, 6.45) is 3.39. The average Bonchev–Trinajstić information content (AvgIpc) is 2.68. The molecule has 0 fully saturated rings. The minimum atomic E-state index is -0.0324. The molecule has 2 nitrogen and oxygen atoms in total. The fourth-order valence-corrected chi connectivity index (χ4v) is 2.22. The zero-order valence-corrected chi connectivity index (χ0v) is 10.6. The fourth-order valence-electron chi connectivity index (χ4n) is 1.39. The number of aromatic nitrogens is 1. The van der Waals surface area contributed by atoms with E-state index >= 15 is 0 Å². The van der Waals surface area contributed by atoms with E-state index in [1.54, 1.807) is 6.08 Å². The van der Waals surface area contributed by atoms with Gasteiger partial charge in [-0.1, -0.05) is 36.4 Å². The van der Waals surface area contributed by atoms with Crippen molar-refractivity contribution in [3.05, 3.63) is 57.6 Å². The molecule has 0 aliphatic heterocycles. The molecule has 0 aliphatic carbocycles. The molecule has 0 saturated carbocycles. The number of benzene rings is 1. The number of hydrogen-bond acceptors (Lipinski definition) is 3. The van der Waals surface area contributed by atoms with Crippen LogP contribution in [-0.4, -0.2) is 10.8 Å². The summed E-state index contributed by atoms with van der Waals surface area (Å²) < 4.78 is 0. The largest absolute Gasteiger partial charge is 0.287 e. The summed E-state index contributed by atoms with van der Waals surface area (Å²) in [5.74, 6) is -0.0324. The lowest BCUT2D eigenvalue weighted by atomic mass is 10.2. The van der Waals surface area contributed by atoms with Crippen LogP contribution in [0.1, 0.15) is 25.9 Å². The number of allylic oxidation sites excluding steroid dienone is 1. The molecular formula is C14H13NOS. The van der Waals surface area contributed by atoms with Crippen LogP contribution >= 0.6 is 11.3 Å². The third kappa shape index (κ3) is 2.88. The van der Waals surface area contributed by atoms with Gasteiger partial charge in [-0.15, -0.1) is 11.3 Å². The molecule has 1 aromatic heterocycles. The van der Waals surface area contributed by atoms with Crippen molar-refractivity contribution in [2.75, 3.05) is 0 Å². The van der Waals surface area contributed by atoms with Crippen molar-refractivity contribution < 1.29 is 4.79 Å². The molecule has 86 valence electrons. The van der Waals surface area contributed by atoms with Gasteiger partial charge in [-0.05, 0) is 25.5 Å². The highest BCUT2D eigenvalue weighted by Crippen LogP contribution is 2.17. The van der Waals surface area contributed by atoms with Crippen LogP contribution in [0.3, 0.4) is 0 Å². The first-order valence-corrected chi connectivity index (χ1v) is 6.20. The van der Waals surface area contributed by atoms with Crippen molar-refractivity contribution in [3.63, 3.8) is 0 Å². The van der Waals surface area contributed by atoms with Crippen molar-refractivity contribution >= 4 is 23.2 Å². The van der Waals surface area contributed by atoms with Crippen LogP contribution in [0.25, 0.3) is 6.08 Å². The van der Waals surface area contributed by atoms with Gasteiger partial charge >= 0.3 is 0 Å². The highest BCUT2D eigenvalue weighted by molar-refractivity contribution is 7.13. The SMILES string of the molecule is Cc1nc(C(=O)/C=C/c2ccccc2)sc1C. The first-order chi connectivity index (χ1) is 8.16. The summed E-state index contributed by atoms with van der Waals surface area (Å²) in [6, 6.07) is 9.76. The van der Waals surface area contributed by atoms with Crippen LogP contribution in [0.4, 0.5) is 0 Å². The summed E-state index contributed by atoms with van der Waals surface area (Å²) in [5, 5.41) is 0.562. The number of rotatable bonds is 3. The second-order valence-electron chi connectivity index (χ2n) is 3.77. The Morgan fingerprint density at radius 3 is 2.53 bits per heavy atom. The van der Waals surface area contributed by atoms with Gasteiger partial charge in [0.25, 0.3) is 0 Å². The van der Waals surface area contributed by atoms with Gasteiger partial charge in [0.2, 0.25) is 5.78 Å². The predicted octanol–water partition coefficient (Wildman–Crippen LogP) is 3.66. The third-order valence-electron chi connectivity index (χ3n) is 2.47. The molecule has 17 heavy (non-hydrogen) atoms. The van der Waals surface area contributed by atoms with E-state index in [9.17, 15) is 4.79 Å². The van der Waals surface area contributed by atoms with E-state index in [1.807, 2.05) is 50.3 Å². The van der Waals surface area contributed by atoms with Crippen LogP contribution in [0.2, 0.25) is 0 Å². The average molecular weight is 243 g/mol. The van der Waals surface area contributed by atoms with Crippen molar-refractivity contribution in [1.29, 1.82) is 0 Å². The molecule has 0 aliphatic rings. The van der Waals surface area contributed by atoms with Crippen molar-refractivity contribution in [1.82, 2.24) is 4.98 Å². The molecule has 0 atom stereocenters. The molecular weight excluding hydrogens is 230 g/mol. The molecule has 2 aromatic rings. The number of nitrogens with zero attached hydrogens (tertiary/aromatic N) is 1. The topological polar surface area (TPSA) is 30.0 Å². The Bertz CT molecular complexity index is 535. The van der Waals surface area contributed by atoms with Gasteiger partial charge in [0.1, 0.15) is 0 Å². The van der Waals surface area contributed by atoms with E-state index in [0.29, 0.717) is 5.01 Å². The Morgan fingerprint density at radius 1 is 1.24 bits per heavy atom. The highest BCUT2D eigenvalue weighted by Gasteiger charge is 2.09. The summed E-state index contributed by atoms with van der Waals surface area (Å²) >= 11 is 1.45. The van der Waals surface area contributed by atoms with Crippen LogP contribution in [0.5, 0.6) is 0 Å². The molecule has 0 N–H and O–H groups in total. The fraction of sp³-hybridized carbons (Fsp3) is 0.143. The normalized spacial score (nSPS) is 10.9. The number of hydrogen-bond donors (Lipinski definition) is 0. The standard InChI is InChI=1S/C14H13NOS/c1-10-11(2)17-14(15-10)13(16)9-8-12-6-4-3-5-7-12/h3-9H,1-2H3/b9-8+. The summed E-state index contributed by atoms with van der Waals surface area (Å²) in [5.41, 5.74) is 1.96. The van der Waals surface area contributed by atoms with E-state index in [2.05, 4.69) is 4.98 Å². The lowest BCUT2D eigenvalue weighted by molar-refractivity contribution is 0.104. The van der Waals surface area contributed by atoms with Gasteiger partial charge in [-0.2, -0.15) is 0 Å². The van der Waals surface area contributed by atoms with Gasteiger partial charge in [0, 0.05) is 4.88 Å². The molecule has 0 amide bonds. The van der Waals surface area contributed by atoms with E-state index in [1.165, 1.54) is 11.3 Å². The molecule has 0 unspecified atom stereocenters. The maximum atomic E-state index is 11.8. The van der Waals surface area contributed by atoms with Gasteiger partial charge in [0.05, 0.1) is 5.69 Å². The van der Waals surface area contributed by atoms with E-state index in [-0.39, 0.29) is 5.78 Å². The predicted molar refractivity (Wildman–Crippen MR) is 71.4 cm³/mol. The Kier molecular flexibility index (Phi) is 3.49. The maximum Gasteiger partial charge on any atom is 0.214 e. The first kappa shape index (κ1) is 11.7. The summed E-state index contributed by atoms with van der Waals surface area (Å²) in [4.78, 5) is 17.2. The molecule has 0 saturated heterocycles. The quantitative estimate of drug-likeness (QED) is 0.608. The lowest BCUT2D eigenvalue weighted by Crippen LogP contribution is -1.92. The van der Waals surface area contributed by atoms with Crippen LogP contribution < -0.4 is 0 Å². The number of carbonyl (C=O) groups is 1. The van der Waals surface area contributed by atoms with Crippen LogP contribution in [0.15, 0.2) is 36.4 Å². The second kappa shape index (κ2) is 5.06. The van der Waals surface area contributed by atoms with Gasteiger partial charge in [-0.3, -0.25) is 4.79 Å². The number of carbonyl (C=O) groups excluding carboxylic acids is 1. The minimum Gasteiger partial charge on any atom is -0.287 e. The van der Waals surface area contributed by atoms with E-state index in [4.69, 9.17) is 0 Å². The molecule has 0 bridgehead atoms. The summed E-state index contributed by atoms with van der Waals surface area (Å²) in [6.45, 7) is 3.90. The van der Waals surface area contributed by atoms with Crippen molar-refractivity contribution in [2.45, 2.75) is 13.8 Å². The van der Waals surface area contributed by atoms with Gasteiger partial charge < -0.3 is 0 Å². The third-order valence-corrected chi connectivity index (χ3v) is 3.55. The summed E-state index contributed by atoms with van der Waals surface area (Å²) in [7, 11) is 0. The number of aryl methyl sites for hydroxylation is 2. The molecule has 0 radical (unpaired) electrons. The number of ketones is 1. The minimum absolute atomic E-state index is 0.0324. The van der Waals surface area contributed by atoms with Gasteiger partial charge in [0.15, 0.2) is 5.01 Å². The van der Waals surface area contributed by atoms with Gasteiger partial charge in [-0.25, -0.2) is 4.98 Å². The van der Waals surface area contributed by atoms with Crippen LogP contribution in [0, 0.1) is 13.8 Å². The lowest BCUT2D eigenvalue weighted by Gasteiger charge is -1.90.